The first-order chi connectivity index (χ1) is 6.66. The van der Waals surface area contributed by atoms with Gasteiger partial charge >= 0.3 is 0 Å². The molecule has 1 saturated carbocycles. The summed E-state index contributed by atoms with van der Waals surface area (Å²) in [5.74, 6) is 0. The Morgan fingerprint density at radius 3 is 2.57 bits per heavy atom. The molecule has 0 aromatic carbocycles. The highest BCUT2D eigenvalue weighted by molar-refractivity contribution is 4.93. The van der Waals surface area contributed by atoms with Crippen molar-refractivity contribution in [1.82, 2.24) is 10.6 Å². The minimum Gasteiger partial charge on any atom is -0.317 e. The lowest BCUT2D eigenvalue weighted by atomic mass is 9.68. The number of nitrogens with one attached hydrogen (secondary N) is 2. The van der Waals surface area contributed by atoms with Crippen molar-refractivity contribution in [2.24, 2.45) is 5.41 Å². The molecule has 2 nitrogen and oxygen atoms in total. The second-order valence-electron chi connectivity index (χ2n) is 5.81. The van der Waals surface area contributed by atoms with E-state index in [1.54, 1.807) is 0 Å². The van der Waals surface area contributed by atoms with Crippen molar-refractivity contribution in [3.63, 3.8) is 0 Å². The minimum absolute atomic E-state index is 0.612. The van der Waals surface area contributed by atoms with Crippen LogP contribution in [0.1, 0.15) is 46.0 Å². The lowest BCUT2D eigenvalue weighted by Gasteiger charge is -2.44. The first-order valence-corrected chi connectivity index (χ1v) is 6.12. The standard InChI is InChI=1S/C12H24N2/c1-12(2)8-11(9-12)14-10-4-3-6-13-7-5-10/h10-11,13-14H,3-9H2,1-2H3. The highest BCUT2D eigenvalue weighted by Gasteiger charge is 2.36. The molecule has 2 aliphatic rings. The summed E-state index contributed by atoms with van der Waals surface area (Å²) < 4.78 is 0. The molecule has 1 unspecified atom stereocenters. The zero-order valence-electron chi connectivity index (χ0n) is 9.60. The van der Waals surface area contributed by atoms with Gasteiger partial charge in [0.1, 0.15) is 0 Å². The summed E-state index contributed by atoms with van der Waals surface area (Å²) in [5.41, 5.74) is 0.612. The molecule has 2 rings (SSSR count). The molecule has 2 fully saturated rings. The van der Waals surface area contributed by atoms with E-state index in [4.69, 9.17) is 0 Å². The van der Waals surface area contributed by atoms with Crippen LogP contribution in [0.3, 0.4) is 0 Å². The first-order valence-electron chi connectivity index (χ1n) is 6.12. The van der Waals surface area contributed by atoms with E-state index < -0.39 is 0 Å². The summed E-state index contributed by atoms with van der Waals surface area (Å²) in [5, 5.41) is 7.27. The Kier molecular flexibility index (Phi) is 3.13. The predicted molar refractivity (Wildman–Crippen MR) is 60.4 cm³/mol. The van der Waals surface area contributed by atoms with E-state index >= 15 is 0 Å². The van der Waals surface area contributed by atoms with E-state index in [9.17, 15) is 0 Å². The molecular formula is C12H24N2. The van der Waals surface area contributed by atoms with Crippen LogP contribution in [-0.2, 0) is 0 Å². The fourth-order valence-corrected chi connectivity index (χ4v) is 2.91. The Balaban J connectivity index is 1.69. The average Bonchev–Trinajstić information content (AvgIpc) is 2.29. The summed E-state index contributed by atoms with van der Waals surface area (Å²) in [6.07, 6.45) is 6.77. The van der Waals surface area contributed by atoms with Crippen LogP contribution in [0.5, 0.6) is 0 Å². The Bertz CT molecular complexity index is 173. The predicted octanol–water partition coefficient (Wildman–Crippen LogP) is 1.91. The van der Waals surface area contributed by atoms with Crippen molar-refractivity contribution in [1.29, 1.82) is 0 Å². The summed E-state index contributed by atoms with van der Waals surface area (Å²) in [6.45, 7) is 7.17. The lowest BCUT2D eigenvalue weighted by molar-refractivity contribution is 0.114. The molecule has 14 heavy (non-hydrogen) atoms. The van der Waals surface area contributed by atoms with Gasteiger partial charge in [0.15, 0.2) is 0 Å². The van der Waals surface area contributed by atoms with E-state index in [1.807, 2.05) is 0 Å². The number of rotatable bonds is 2. The molecule has 1 heterocycles. The fourth-order valence-electron chi connectivity index (χ4n) is 2.91. The van der Waals surface area contributed by atoms with Gasteiger partial charge in [-0.2, -0.15) is 0 Å². The Morgan fingerprint density at radius 2 is 1.86 bits per heavy atom. The third kappa shape index (κ3) is 2.71. The van der Waals surface area contributed by atoms with Crippen molar-refractivity contribution in [3.05, 3.63) is 0 Å². The maximum Gasteiger partial charge on any atom is 0.00822 e. The van der Waals surface area contributed by atoms with E-state index in [0.29, 0.717) is 5.41 Å². The lowest BCUT2D eigenvalue weighted by Crippen LogP contribution is -2.49. The largest absolute Gasteiger partial charge is 0.317 e. The van der Waals surface area contributed by atoms with Crippen LogP contribution < -0.4 is 10.6 Å². The summed E-state index contributed by atoms with van der Waals surface area (Å²) >= 11 is 0. The number of hydrogen-bond acceptors (Lipinski definition) is 2. The normalized spacial score (nSPS) is 33.4. The fraction of sp³-hybridized carbons (Fsp3) is 1.00. The van der Waals surface area contributed by atoms with Crippen molar-refractivity contribution in [2.45, 2.75) is 58.0 Å². The van der Waals surface area contributed by atoms with Gasteiger partial charge in [0.2, 0.25) is 0 Å². The third-order valence-electron chi connectivity index (χ3n) is 3.65. The molecule has 0 bridgehead atoms. The second kappa shape index (κ2) is 4.19. The van der Waals surface area contributed by atoms with Gasteiger partial charge in [-0.15, -0.1) is 0 Å². The van der Waals surface area contributed by atoms with Crippen molar-refractivity contribution >= 4 is 0 Å². The van der Waals surface area contributed by atoms with Crippen LogP contribution >= 0.6 is 0 Å². The summed E-state index contributed by atoms with van der Waals surface area (Å²) in [7, 11) is 0. The Hall–Kier alpha value is -0.0800. The molecule has 2 heteroatoms. The maximum absolute atomic E-state index is 3.81. The molecule has 1 aliphatic heterocycles. The molecule has 0 amide bonds. The van der Waals surface area contributed by atoms with Crippen molar-refractivity contribution in [3.8, 4) is 0 Å². The molecule has 0 aromatic rings. The van der Waals surface area contributed by atoms with Crippen LogP contribution in [-0.4, -0.2) is 25.2 Å². The van der Waals surface area contributed by atoms with Crippen LogP contribution in [0.2, 0.25) is 0 Å². The molecule has 1 atom stereocenters. The van der Waals surface area contributed by atoms with Gasteiger partial charge in [-0.25, -0.2) is 0 Å². The van der Waals surface area contributed by atoms with E-state index in [2.05, 4.69) is 24.5 Å². The Morgan fingerprint density at radius 1 is 1.07 bits per heavy atom. The van der Waals surface area contributed by atoms with Gasteiger partial charge in [-0.05, 0) is 50.6 Å². The smallest absolute Gasteiger partial charge is 0.00822 e. The molecule has 0 radical (unpaired) electrons. The van der Waals surface area contributed by atoms with Gasteiger partial charge < -0.3 is 10.6 Å². The third-order valence-corrected chi connectivity index (χ3v) is 3.65. The van der Waals surface area contributed by atoms with Gasteiger partial charge in [0.05, 0.1) is 0 Å². The summed E-state index contributed by atoms with van der Waals surface area (Å²) in [4.78, 5) is 0. The number of hydrogen-bond donors (Lipinski definition) is 2. The van der Waals surface area contributed by atoms with Crippen molar-refractivity contribution in [2.75, 3.05) is 13.1 Å². The summed E-state index contributed by atoms with van der Waals surface area (Å²) in [6, 6.07) is 1.60. The van der Waals surface area contributed by atoms with E-state index in [-0.39, 0.29) is 0 Å². The van der Waals surface area contributed by atoms with Gasteiger partial charge in [0.25, 0.3) is 0 Å². The minimum atomic E-state index is 0.612. The highest BCUT2D eigenvalue weighted by Crippen LogP contribution is 2.40. The molecule has 1 aliphatic carbocycles. The molecular weight excluding hydrogens is 172 g/mol. The SMILES string of the molecule is CC1(C)CC(NC2CCCNCC2)C1. The Labute approximate surface area is 87.8 Å². The second-order valence-corrected chi connectivity index (χ2v) is 5.81. The van der Waals surface area contributed by atoms with Crippen LogP contribution in [0, 0.1) is 5.41 Å². The van der Waals surface area contributed by atoms with Crippen LogP contribution in [0.15, 0.2) is 0 Å². The monoisotopic (exact) mass is 196 g/mol. The quantitative estimate of drug-likeness (QED) is 0.705. The zero-order valence-corrected chi connectivity index (χ0v) is 9.60. The molecule has 0 spiro atoms. The van der Waals surface area contributed by atoms with Gasteiger partial charge in [-0.1, -0.05) is 13.8 Å². The highest BCUT2D eigenvalue weighted by atomic mass is 15.0. The van der Waals surface area contributed by atoms with Gasteiger partial charge in [0, 0.05) is 12.1 Å². The average molecular weight is 196 g/mol. The van der Waals surface area contributed by atoms with E-state index in [0.717, 1.165) is 12.1 Å². The van der Waals surface area contributed by atoms with Crippen LogP contribution in [0.4, 0.5) is 0 Å². The molecule has 1 saturated heterocycles. The molecule has 0 aromatic heterocycles. The van der Waals surface area contributed by atoms with Crippen LogP contribution in [0.25, 0.3) is 0 Å². The zero-order chi connectivity index (χ0) is 10.0. The topological polar surface area (TPSA) is 24.1 Å². The maximum atomic E-state index is 3.81. The first kappa shape index (κ1) is 10.4. The van der Waals surface area contributed by atoms with Gasteiger partial charge in [-0.3, -0.25) is 0 Å². The molecule has 82 valence electrons. The van der Waals surface area contributed by atoms with E-state index in [1.165, 1.54) is 45.2 Å². The molecule has 2 N–H and O–H groups in total. The van der Waals surface area contributed by atoms with Crippen molar-refractivity contribution < 1.29 is 0 Å².